The molecular formula is C24H30N2O5. The number of anilines is 1. The molecule has 2 N–H and O–H groups in total. The van der Waals surface area contributed by atoms with E-state index in [1.165, 1.54) is 14.0 Å². The number of methoxy groups -OCH3 is 1. The maximum Gasteiger partial charge on any atom is 0.308 e. The Morgan fingerprint density at radius 1 is 1.03 bits per heavy atom. The molecule has 7 nitrogen and oxygen atoms in total. The largest absolute Gasteiger partial charge is 0.495 e. The average Bonchev–Trinajstić information content (AvgIpc) is 2.71. The highest BCUT2D eigenvalue weighted by molar-refractivity contribution is 5.94. The van der Waals surface area contributed by atoms with Crippen LogP contribution in [0.25, 0.3) is 0 Å². The van der Waals surface area contributed by atoms with Gasteiger partial charge < -0.3 is 20.1 Å². The van der Waals surface area contributed by atoms with Crippen molar-refractivity contribution >= 4 is 23.5 Å². The molecule has 0 spiro atoms. The number of esters is 1. The Bertz CT molecular complexity index is 919. The minimum Gasteiger partial charge on any atom is -0.495 e. The first-order valence-corrected chi connectivity index (χ1v) is 10.1. The van der Waals surface area contributed by atoms with Crippen LogP contribution in [0.4, 0.5) is 5.69 Å². The van der Waals surface area contributed by atoms with Crippen molar-refractivity contribution in [1.82, 2.24) is 5.32 Å². The number of hydrogen-bond acceptors (Lipinski definition) is 5. The molecule has 0 aromatic heterocycles. The lowest BCUT2D eigenvalue weighted by Gasteiger charge is -2.21. The van der Waals surface area contributed by atoms with Crippen molar-refractivity contribution in [2.24, 2.45) is 0 Å². The Morgan fingerprint density at radius 3 is 2.29 bits per heavy atom. The molecule has 1 unspecified atom stereocenters. The number of benzene rings is 2. The number of hydrogen-bond donors (Lipinski definition) is 2. The molecule has 31 heavy (non-hydrogen) atoms. The minimum atomic E-state index is -0.590. The highest BCUT2D eigenvalue weighted by Crippen LogP contribution is 2.31. The Kier molecular flexibility index (Phi) is 8.19. The molecule has 2 amide bonds. The number of carbonyl (C=O) groups is 3. The van der Waals surface area contributed by atoms with Gasteiger partial charge in [-0.3, -0.25) is 14.4 Å². The standard InChI is InChI=1S/C24H30N2O5/c1-16(27)25-19(17-9-7-6-8-10-17)14-23(29)31-15-22(28)26-20-13-18(24(2,3)4)11-12-21(20)30-5/h6-13,19H,14-15H2,1-5H3,(H,25,27)(H,26,28). The SMILES string of the molecule is COc1ccc(C(C)(C)C)cc1NC(=O)COC(=O)CC(NC(C)=O)c1ccccc1. The fourth-order valence-corrected chi connectivity index (χ4v) is 3.01. The summed E-state index contributed by atoms with van der Waals surface area (Å²) >= 11 is 0. The molecule has 0 aliphatic carbocycles. The van der Waals surface area contributed by atoms with Crippen LogP contribution >= 0.6 is 0 Å². The molecule has 1 atom stereocenters. The van der Waals surface area contributed by atoms with Crippen LogP contribution < -0.4 is 15.4 Å². The van der Waals surface area contributed by atoms with Crippen LogP contribution in [0, 0.1) is 0 Å². The summed E-state index contributed by atoms with van der Waals surface area (Å²) in [7, 11) is 1.52. The van der Waals surface area contributed by atoms with Crippen LogP contribution in [0.5, 0.6) is 5.75 Å². The molecule has 2 rings (SSSR count). The third-order valence-corrected chi connectivity index (χ3v) is 4.65. The predicted molar refractivity (Wildman–Crippen MR) is 119 cm³/mol. The highest BCUT2D eigenvalue weighted by atomic mass is 16.5. The van der Waals surface area contributed by atoms with Gasteiger partial charge in [0.15, 0.2) is 6.61 Å². The molecule has 166 valence electrons. The van der Waals surface area contributed by atoms with Gasteiger partial charge >= 0.3 is 5.97 Å². The van der Waals surface area contributed by atoms with Gasteiger partial charge in [0, 0.05) is 6.92 Å². The van der Waals surface area contributed by atoms with Crippen molar-refractivity contribution in [1.29, 1.82) is 0 Å². The predicted octanol–water partition coefficient (Wildman–Crippen LogP) is 3.74. The lowest BCUT2D eigenvalue weighted by molar-refractivity contribution is -0.148. The van der Waals surface area contributed by atoms with Gasteiger partial charge in [-0.15, -0.1) is 0 Å². The third-order valence-electron chi connectivity index (χ3n) is 4.65. The molecule has 2 aromatic rings. The number of rotatable bonds is 8. The van der Waals surface area contributed by atoms with Crippen molar-refractivity contribution in [2.75, 3.05) is 19.0 Å². The van der Waals surface area contributed by atoms with Gasteiger partial charge in [-0.1, -0.05) is 57.2 Å². The van der Waals surface area contributed by atoms with Crippen molar-refractivity contribution < 1.29 is 23.9 Å². The quantitative estimate of drug-likeness (QED) is 0.627. The third kappa shape index (κ3) is 7.44. The molecule has 0 bridgehead atoms. The van der Waals surface area contributed by atoms with Crippen LogP contribution in [0.15, 0.2) is 48.5 Å². The minimum absolute atomic E-state index is 0.0836. The van der Waals surface area contributed by atoms with E-state index < -0.39 is 24.5 Å². The molecule has 0 saturated carbocycles. The van der Waals surface area contributed by atoms with Gasteiger partial charge in [-0.05, 0) is 28.7 Å². The van der Waals surface area contributed by atoms with E-state index in [1.54, 1.807) is 6.07 Å². The normalized spacial score (nSPS) is 11.9. The van der Waals surface area contributed by atoms with Gasteiger partial charge in [0.2, 0.25) is 5.91 Å². The summed E-state index contributed by atoms with van der Waals surface area (Å²) in [5.74, 6) is -0.811. The summed E-state index contributed by atoms with van der Waals surface area (Å²) in [5, 5.41) is 5.47. The summed E-state index contributed by atoms with van der Waals surface area (Å²) in [5.41, 5.74) is 2.22. The van der Waals surface area contributed by atoms with Crippen molar-refractivity contribution in [3.8, 4) is 5.75 Å². The second-order valence-corrected chi connectivity index (χ2v) is 8.24. The van der Waals surface area contributed by atoms with E-state index in [-0.39, 0.29) is 17.7 Å². The molecule has 0 aliphatic rings. The van der Waals surface area contributed by atoms with E-state index in [1.807, 2.05) is 42.5 Å². The van der Waals surface area contributed by atoms with E-state index in [0.29, 0.717) is 11.4 Å². The van der Waals surface area contributed by atoms with Gasteiger partial charge in [0.25, 0.3) is 5.91 Å². The first-order valence-electron chi connectivity index (χ1n) is 10.1. The highest BCUT2D eigenvalue weighted by Gasteiger charge is 2.20. The van der Waals surface area contributed by atoms with Gasteiger partial charge in [-0.25, -0.2) is 0 Å². The summed E-state index contributed by atoms with van der Waals surface area (Å²) in [6, 6.07) is 14.2. The zero-order valence-corrected chi connectivity index (χ0v) is 18.7. The van der Waals surface area contributed by atoms with Crippen LogP contribution in [-0.2, 0) is 24.5 Å². The van der Waals surface area contributed by atoms with E-state index in [9.17, 15) is 14.4 Å². The van der Waals surface area contributed by atoms with Crippen LogP contribution in [0.2, 0.25) is 0 Å². The number of carbonyl (C=O) groups excluding carboxylic acids is 3. The molecule has 0 aliphatic heterocycles. The van der Waals surface area contributed by atoms with E-state index in [0.717, 1.165) is 11.1 Å². The van der Waals surface area contributed by atoms with E-state index in [2.05, 4.69) is 31.4 Å². The fraction of sp³-hybridized carbons (Fsp3) is 0.375. The summed E-state index contributed by atoms with van der Waals surface area (Å²) in [6.45, 7) is 7.15. The Hall–Kier alpha value is -3.35. The molecule has 2 aromatic carbocycles. The first-order chi connectivity index (χ1) is 14.6. The maximum absolute atomic E-state index is 12.4. The van der Waals surface area contributed by atoms with Crippen molar-refractivity contribution in [3.63, 3.8) is 0 Å². The molecular weight excluding hydrogens is 396 g/mol. The molecule has 0 fully saturated rings. The molecule has 0 radical (unpaired) electrons. The van der Waals surface area contributed by atoms with E-state index >= 15 is 0 Å². The Morgan fingerprint density at radius 2 is 1.71 bits per heavy atom. The number of nitrogens with one attached hydrogen (secondary N) is 2. The van der Waals surface area contributed by atoms with E-state index in [4.69, 9.17) is 9.47 Å². The lowest BCUT2D eigenvalue weighted by atomic mass is 9.87. The van der Waals surface area contributed by atoms with Gasteiger partial charge in [0.1, 0.15) is 5.75 Å². The average molecular weight is 427 g/mol. The smallest absolute Gasteiger partial charge is 0.308 e. The second-order valence-electron chi connectivity index (χ2n) is 8.24. The molecule has 0 heterocycles. The monoisotopic (exact) mass is 426 g/mol. The zero-order valence-electron chi connectivity index (χ0n) is 18.7. The second kappa shape index (κ2) is 10.6. The summed E-state index contributed by atoms with van der Waals surface area (Å²) in [6.07, 6.45) is -0.0836. The molecule has 0 saturated heterocycles. The Balaban J connectivity index is 1.99. The summed E-state index contributed by atoms with van der Waals surface area (Å²) in [4.78, 5) is 36.2. The molecule has 7 heteroatoms. The van der Waals surface area contributed by atoms with Crippen LogP contribution in [0.1, 0.15) is 51.3 Å². The van der Waals surface area contributed by atoms with Gasteiger partial charge in [0.05, 0.1) is 25.3 Å². The van der Waals surface area contributed by atoms with Crippen LogP contribution in [0.3, 0.4) is 0 Å². The number of amides is 2. The van der Waals surface area contributed by atoms with Crippen molar-refractivity contribution in [2.45, 2.75) is 45.6 Å². The topological polar surface area (TPSA) is 93.7 Å². The first kappa shape index (κ1) is 23.9. The van der Waals surface area contributed by atoms with Gasteiger partial charge in [-0.2, -0.15) is 0 Å². The van der Waals surface area contributed by atoms with Crippen LogP contribution in [-0.4, -0.2) is 31.5 Å². The zero-order chi connectivity index (χ0) is 23.0. The fourth-order valence-electron chi connectivity index (χ4n) is 3.01. The summed E-state index contributed by atoms with van der Waals surface area (Å²) < 4.78 is 10.5. The van der Waals surface area contributed by atoms with Crippen molar-refractivity contribution in [3.05, 3.63) is 59.7 Å². The lowest BCUT2D eigenvalue weighted by Crippen LogP contribution is -2.29. The number of ether oxygens (including phenoxy) is 2. The Labute approximate surface area is 183 Å². The maximum atomic E-state index is 12.4.